The molecule has 0 amide bonds. The van der Waals surface area contributed by atoms with E-state index in [1.54, 1.807) is 13.0 Å². The third-order valence-electron chi connectivity index (χ3n) is 2.47. The summed E-state index contributed by atoms with van der Waals surface area (Å²) in [6, 6.07) is 8.02. The lowest BCUT2D eigenvalue weighted by Gasteiger charge is -1.94. The van der Waals surface area contributed by atoms with E-state index in [1.807, 2.05) is 37.3 Å². The van der Waals surface area contributed by atoms with E-state index in [1.165, 1.54) is 16.9 Å². The second-order valence-electron chi connectivity index (χ2n) is 4.00. The summed E-state index contributed by atoms with van der Waals surface area (Å²) in [5.41, 5.74) is 2.75. The predicted molar refractivity (Wildman–Crippen MR) is 73.9 cm³/mol. The Balaban J connectivity index is 2.28. The van der Waals surface area contributed by atoms with Crippen molar-refractivity contribution < 1.29 is 9.90 Å². The van der Waals surface area contributed by atoms with Gasteiger partial charge in [0, 0.05) is 0 Å². The fourth-order valence-electron chi connectivity index (χ4n) is 1.56. The molecule has 1 aromatic carbocycles. The van der Waals surface area contributed by atoms with Crippen molar-refractivity contribution >= 4 is 29.5 Å². The second-order valence-corrected chi connectivity index (χ2v) is 5.20. The van der Waals surface area contributed by atoms with Gasteiger partial charge in [-0.05, 0) is 25.5 Å². The van der Waals surface area contributed by atoms with E-state index >= 15 is 0 Å². The van der Waals surface area contributed by atoms with E-state index in [0.29, 0.717) is 5.69 Å². The van der Waals surface area contributed by atoms with Crippen LogP contribution in [0.1, 0.15) is 31.5 Å². The molecule has 0 aliphatic heterocycles. The molecule has 0 radical (unpaired) electrons. The topological polar surface area (TPSA) is 50.2 Å². The summed E-state index contributed by atoms with van der Waals surface area (Å²) in [6.45, 7) is 3.83. The minimum Gasteiger partial charge on any atom is -0.477 e. The van der Waals surface area contributed by atoms with Gasteiger partial charge in [-0.1, -0.05) is 35.9 Å². The summed E-state index contributed by atoms with van der Waals surface area (Å²) in [6.07, 6.45) is 3.62. The van der Waals surface area contributed by atoms with Gasteiger partial charge >= 0.3 is 5.97 Å². The molecule has 2 aromatic rings. The molecule has 0 aliphatic carbocycles. The fraction of sp³-hybridized carbons (Fsp3) is 0.143. The average Bonchev–Trinajstić information content (AvgIpc) is 2.70. The van der Waals surface area contributed by atoms with Crippen LogP contribution in [0.3, 0.4) is 0 Å². The molecule has 1 heterocycles. The number of hydrogen-bond donors (Lipinski definition) is 1. The highest BCUT2D eigenvalue weighted by Crippen LogP contribution is 2.20. The van der Waals surface area contributed by atoms with E-state index in [9.17, 15) is 4.79 Å². The normalized spacial score (nSPS) is 11.0. The number of carbonyl (C=O) groups is 1. The van der Waals surface area contributed by atoms with Crippen LogP contribution in [-0.2, 0) is 0 Å². The number of thiazole rings is 1. The van der Waals surface area contributed by atoms with Gasteiger partial charge in [0.2, 0.25) is 0 Å². The molecular weight excluding hydrogens is 246 g/mol. The van der Waals surface area contributed by atoms with Gasteiger partial charge in [-0.2, -0.15) is 0 Å². The fourth-order valence-corrected chi connectivity index (χ4v) is 2.31. The SMILES string of the molecule is Cc1ccc(/C=C/c2nc(C)sc2C(=O)O)cc1. The largest absolute Gasteiger partial charge is 0.477 e. The van der Waals surface area contributed by atoms with Crippen LogP contribution < -0.4 is 0 Å². The molecule has 18 heavy (non-hydrogen) atoms. The van der Waals surface area contributed by atoms with Crippen molar-refractivity contribution in [2.24, 2.45) is 0 Å². The molecule has 3 nitrogen and oxygen atoms in total. The van der Waals surface area contributed by atoms with Crippen LogP contribution in [0.5, 0.6) is 0 Å². The van der Waals surface area contributed by atoms with Crippen molar-refractivity contribution in [3.8, 4) is 0 Å². The molecule has 0 saturated carbocycles. The molecule has 1 N–H and O–H groups in total. The van der Waals surface area contributed by atoms with Crippen LogP contribution in [-0.4, -0.2) is 16.1 Å². The second kappa shape index (κ2) is 5.14. The van der Waals surface area contributed by atoms with E-state index in [2.05, 4.69) is 4.98 Å². The van der Waals surface area contributed by atoms with E-state index < -0.39 is 5.97 Å². The van der Waals surface area contributed by atoms with Crippen molar-refractivity contribution in [2.45, 2.75) is 13.8 Å². The molecule has 4 heteroatoms. The van der Waals surface area contributed by atoms with Crippen LogP contribution >= 0.6 is 11.3 Å². The highest BCUT2D eigenvalue weighted by molar-refractivity contribution is 7.13. The van der Waals surface area contributed by atoms with Crippen LogP contribution in [0.15, 0.2) is 24.3 Å². The molecule has 0 unspecified atom stereocenters. The Morgan fingerprint density at radius 2 is 1.89 bits per heavy atom. The van der Waals surface area contributed by atoms with Crippen molar-refractivity contribution in [1.82, 2.24) is 4.98 Å². The maximum absolute atomic E-state index is 11.0. The zero-order valence-corrected chi connectivity index (χ0v) is 11.0. The highest BCUT2D eigenvalue weighted by atomic mass is 32.1. The molecule has 0 fully saturated rings. The van der Waals surface area contributed by atoms with E-state index in [4.69, 9.17) is 5.11 Å². The number of carboxylic acids is 1. The number of aromatic nitrogens is 1. The number of aryl methyl sites for hydroxylation is 2. The van der Waals surface area contributed by atoms with Crippen molar-refractivity contribution in [3.63, 3.8) is 0 Å². The third-order valence-corrected chi connectivity index (χ3v) is 3.44. The molecule has 1 aromatic heterocycles. The number of nitrogens with zero attached hydrogens (tertiary/aromatic N) is 1. The molecule has 0 atom stereocenters. The number of carboxylic acid groups (broad SMARTS) is 1. The van der Waals surface area contributed by atoms with Crippen molar-refractivity contribution in [2.75, 3.05) is 0 Å². The summed E-state index contributed by atoms with van der Waals surface area (Å²) in [5, 5.41) is 9.81. The van der Waals surface area contributed by atoms with Gasteiger partial charge in [0.15, 0.2) is 0 Å². The Morgan fingerprint density at radius 1 is 1.22 bits per heavy atom. The third kappa shape index (κ3) is 2.84. The maximum atomic E-state index is 11.0. The van der Waals surface area contributed by atoms with Crippen molar-refractivity contribution in [1.29, 1.82) is 0 Å². The molecule has 0 bridgehead atoms. The van der Waals surface area contributed by atoms with Gasteiger partial charge in [-0.25, -0.2) is 9.78 Å². The van der Waals surface area contributed by atoms with Crippen LogP contribution in [0.4, 0.5) is 0 Å². The lowest BCUT2D eigenvalue weighted by atomic mass is 10.1. The summed E-state index contributed by atoms with van der Waals surface area (Å²) in [5.74, 6) is -0.927. The first kappa shape index (κ1) is 12.5. The van der Waals surface area contributed by atoms with Gasteiger partial charge in [0.05, 0.1) is 10.7 Å². The Kier molecular flexibility index (Phi) is 3.58. The number of benzene rings is 1. The van der Waals surface area contributed by atoms with Crippen LogP contribution in [0.25, 0.3) is 12.2 Å². The summed E-state index contributed by atoms with van der Waals surface area (Å²) in [4.78, 5) is 15.5. The zero-order chi connectivity index (χ0) is 13.1. The predicted octanol–water partition coefficient (Wildman–Crippen LogP) is 3.63. The molecule has 0 saturated heterocycles. The molecule has 2 rings (SSSR count). The monoisotopic (exact) mass is 259 g/mol. The smallest absolute Gasteiger partial charge is 0.348 e. The van der Waals surface area contributed by atoms with Crippen LogP contribution in [0, 0.1) is 13.8 Å². The number of aromatic carboxylic acids is 1. The first-order valence-corrected chi connectivity index (χ1v) is 6.33. The zero-order valence-electron chi connectivity index (χ0n) is 10.2. The first-order chi connectivity index (χ1) is 8.56. The average molecular weight is 259 g/mol. The highest BCUT2D eigenvalue weighted by Gasteiger charge is 2.12. The van der Waals surface area contributed by atoms with Crippen molar-refractivity contribution in [3.05, 3.63) is 51.0 Å². The van der Waals surface area contributed by atoms with Gasteiger partial charge in [0.1, 0.15) is 4.88 Å². The summed E-state index contributed by atoms with van der Waals surface area (Å²) >= 11 is 1.20. The quantitative estimate of drug-likeness (QED) is 0.915. The Labute approximate surface area is 109 Å². The number of rotatable bonds is 3. The summed E-state index contributed by atoms with van der Waals surface area (Å²) in [7, 11) is 0. The molecular formula is C14H13NO2S. The number of hydrogen-bond acceptors (Lipinski definition) is 3. The molecule has 0 aliphatic rings. The maximum Gasteiger partial charge on any atom is 0.348 e. The first-order valence-electron chi connectivity index (χ1n) is 5.52. The summed E-state index contributed by atoms with van der Waals surface area (Å²) < 4.78 is 0. The van der Waals surface area contributed by atoms with E-state index in [0.717, 1.165) is 10.6 Å². The Morgan fingerprint density at radius 3 is 2.50 bits per heavy atom. The van der Waals surface area contributed by atoms with Gasteiger partial charge < -0.3 is 5.11 Å². The minimum atomic E-state index is -0.927. The van der Waals surface area contributed by atoms with Gasteiger partial charge in [-0.3, -0.25) is 0 Å². The molecule has 92 valence electrons. The lowest BCUT2D eigenvalue weighted by Crippen LogP contribution is -1.94. The Hall–Kier alpha value is -1.94. The Bertz CT molecular complexity index is 597. The standard InChI is InChI=1S/C14H13NO2S/c1-9-3-5-11(6-4-9)7-8-12-13(14(16)17)18-10(2)15-12/h3-8H,1-2H3,(H,16,17)/b8-7+. The van der Waals surface area contributed by atoms with Crippen LogP contribution in [0.2, 0.25) is 0 Å². The minimum absolute atomic E-state index is 0.288. The van der Waals surface area contributed by atoms with Gasteiger partial charge in [-0.15, -0.1) is 11.3 Å². The lowest BCUT2D eigenvalue weighted by molar-refractivity contribution is 0.0701. The van der Waals surface area contributed by atoms with E-state index in [-0.39, 0.29) is 4.88 Å². The molecule has 0 spiro atoms. The van der Waals surface area contributed by atoms with Gasteiger partial charge in [0.25, 0.3) is 0 Å².